The Morgan fingerprint density at radius 2 is 2.15 bits per heavy atom. The van der Waals surface area contributed by atoms with Crippen molar-refractivity contribution in [2.75, 3.05) is 39.8 Å². The molecule has 0 aromatic heterocycles. The van der Waals surface area contributed by atoms with Crippen molar-refractivity contribution in [1.82, 2.24) is 9.80 Å². The number of aliphatic carboxylic acids is 1. The molecule has 1 N–H and O–H groups in total. The van der Waals surface area contributed by atoms with Crippen LogP contribution in [0, 0.1) is 0 Å². The number of carboxylic acids is 1. The van der Waals surface area contributed by atoms with Crippen molar-refractivity contribution in [3.8, 4) is 0 Å². The molecule has 1 fully saturated rings. The van der Waals surface area contributed by atoms with Crippen LogP contribution in [0.25, 0.3) is 0 Å². The van der Waals surface area contributed by atoms with Crippen molar-refractivity contribution in [2.45, 2.75) is 38.7 Å². The van der Waals surface area contributed by atoms with E-state index in [1.54, 1.807) is 11.9 Å². The number of carboxylic acid groups (broad SMARTS) is 1. The number of nitrogens with zero attached hydrogens (tertiary/aromatic N) is 2. The zero-order valence-electron chi connectivity index (χ0n) is 12.5. The third kappa shape index (κ3) is 6.34. The van der Waals surface area contributed by atoms with E-state index in [1.807, 2.05) is 4.90 Å². The number of amides is 1. The molecule has 0 bridgehead atoms. The van der Waals surface area contributed by atoms with Crippen LogP contribution in [0.1, 0.15) is 32.6 Å². The van der Waals surface area contributed by atoms with Gasteiger partial charge in [0.15, 0.2) is 0 Å². The molecule has 1 rings (SSSR count). The summed E-state index contributed by atoms with van der Waals surface area (Å²) < 4.78 is 5.61. The highest BCUT2D eigenvalue weighted by Gasteiger charge is 2.25. The van der Waals surface area contributed by atoms with Gasteiger partial charge >= 0.3 is 5.97 Å². The fourth-order valence-corrected chi connectivity index (χ4v) is 2.38. The highest BCUT2D eigenvalue weighted by Crippen LogP contribution is 2.10. The van der Waals surface area contributed by atoms with E-state index in [0.717, 1.165) is 19.3 Å². The van der Waals surface area contributed by atoms with Crippen LogP contribution in [0.4, 0.5) is 0 Å². The van der Waals surface area contributed by atoms with Gasteiger partial charge in [0.05, 0.1) is 19.3 Å². The van der Waals surface area contributed by atoms with Crippen LogP contribution in [-0.2, 0) is 14.3 Å². The van der Waals surface area contributed by atoms with Crippen molar-refractivity contribution >= 4 is 11.9 Å². The molecule has 1 saturated heterocycles. The van der Waals surface area contributed by atoms with Gasteiger partial charge in [0.1, 0.15) is 0 Å². The molecule has 1 aliphatic heterocycles. The maximum absolute atomic E-state index is 12.0. The predicted octanol–water partition coefficient (Wildman–Crippen LogP) is 0.811. The zero-order valence-corrected chi connectivity index (χ0v) is 12.5. The Bertz CT molecular complexity index is 322. The number of morpholine rings is 1. The van der Waals surface area contributed by atoms with Gasteiger partial charge in [-0.05, 0) is 13.5 Å². The van der Waals surface area contributed by atoms with E-state index in [4.69, 9.17) is 9.84 Å². The second-order valence-corrected chi connectivity index (χ2v) is 5.38. The Balaban J connectivity index is 2.34. The van der Waals surface area contributed by atoms with E-state index in [9.17, 15) is 9.59 Å². The van der Waals surface area contributed by atoms with Crippen molar-refractivity contribution in [3.05, 3.63) is 0 Å². The summed E-state index contributed by atoms with van der Waals surface area (Å²) in [5.74, 6) is -0.663. The van der Waals surface area contributed by atoms with Crippen LogP contribution >= 0.6 is 0 Å². The van der Waals surface area contributed by atoms with E-state index in [0.29, 0.717) is 32.7 Å². The summed E-state index contributed by atoms with van der Waals surface area (Å²) in [5.41, 5.74) is 0. The van der Waals surface area contributed by atoms with E-state index in [2.05, 4.69) is 6.92 Å². The maximum Gasteiger partial charge on any atom is 0.317 e. The third-order valence-electron chi connectivity index (χ3n) is 3.41. The van der Waals surface area contributed by atoms with Gasteiger partial charge in [0.25, 0.3) is 0 Å². The Kier molecular flexibility index (Phi) is 7.54. The minimum Gasteiger partial charge on any atom is -0.480 e. The van der Waals surface area contributed by atoms with Crippen molar-refractivity contribution < 1.29 is 19.4 Å². The van der Waals surface area contributed by atoms with E-state index >= 15 is 0 Å². The lowest BCUT2D eigenvalue weighted by molar-refractivity contribution is -0.142. The molecular weight excluding hydrogens is 260 g/mol. The summed E-state index contributed by atoms with van der Waals surface area (Å²) in [6, 6.07) is 0. The van der Waals surface area contributed by atoms with E-state index < -0.39 is 5.97 Å². The lowest BCUT2D eigenvalue weighted by Crippen LogP contribution is -2.49. The van der Waals surface area contributed by atoms with Crippen LogP contribution in [0.3, 0.4) is 0 Å². The second-order valence-electron chi connectivity index (χ2n) is 5.38. The third-order valence-corrected chi connectivity index (χ3v) is 3.41. The smallest absolute Gasteiger partial charge is 0.317 e. The lowest BCUT2D eigenvalue weighted by atomic mass is 10.1. The van der Waals surface area contributed by atoms with Gasteiger partial charge in [-0.3, -0.25) is 14.5 Å². The molecule has 0 aromatic rings. The molecule has 0 saturated carbocycles. The molecule has 0 spiro atoms. The summed E-state index contributed by atoms with van der Waals surface area (Å²) in [6.45, 7) is 4.38. The molecule has 6 nitrogen and oxygen atoms in total. The molecule has 0 radical (unpaired) electrons. The number of ether oxygens (including phenoxy) is 1. The summed E-state index contributed by atoms with van der Waals surface area (Å²) in [5, 5.41) is 8.73. The molecule has 116 valence electrons. The molecule has 20 heavy (non-hydrogen) atoms. The van der Waals surface area contributed by atoms with Crippen LogP contribution in [0.15, 0.2) is 0 Å². The second kappa shape index (κ2) is 8.92. The first-order chi connectivity index (χ1) is 9.52. The number of likely N-dealkylation sites (N-methyl/N-ethyl adjacent to an activating group) is 1. The first-order valence-electron chi connectivity index (χ1n) is 7.32. The Hall–Kier alpha value is -1.14. The largest absolute Gasteiger partial charge is 0.480 e. The minimum atomic E-state index is -0.851. The number of carbonyl (C=O) groups excluding carboxylic acids is 1. The summed E-state index contributed by atoms with van der Waals surface area (Å²) in [6.07, 6.45) is 3.64. The average molecular weight is 286 g/mol. The topological polar surface area (TPSA) is 70.1 Å². The maximum atomic E-state index is 12.0. The molecular formula is C14H26N2O4. The highest BCUT2D eigenvalue weighted by molar-refractivity contribution is 5.76. The van der Waals surface area contributed by atoms with Crippen molar-refractivity contribution in [1.29, 1.82) is 0 Å². The predicted molar refractivity (Wildman–Crippen MR) is 75.6 cm³/mol. The summed E-state index contributed by atoms with van der Waals surface area (Å²) in [7, 11) is 1.75. The molecule has 0 unspecified atom stereocenters. The molecule has 1 atom stereocenters. The van der Waals surface area contributed by atoms with E-state index in [-0.39, 0.29) is 18.6 Å². The number of rotatable bonds is 8. The molecule has 1 heterocycles. The standard InChI is InChI=1S/C14H26N2O4/c1-3-4-5-6-13(17)16-7-8-20-12(10-16)9-15(2)11-14(18)19/h12H,3-11H2,1-2H3,(H,18,19)/t12-/m0/s1. The first kappa shape index (κ1) is 16.9. The molecule has 6 heteroatoms. The normalized spacial score (nSPS) is 19.4. The monoisotopic (exact) mass is 286 g/mol. The van der Waals surface area contributed by atoms with Crippen LogP contribution in [0.2, 0.25) is 0 Å². The van der Waals surface area contributed by atoms with Crippen LogP contribution in [0.5, 0.6) is 0 Å². The number of carbonyl (C=O) groups is 2. The Morgan fingerprint density at radius 1 is 1.40 bits per heavy atom. The Morgan fingerprint density at radius 3 is 2.80 bits per heavy atom. The van der Waals surface area contributed by atoms with Gasteiger partial charge < -0.3 is 14.7 Å². The highest BCUT2D eigenvalue weighted by atomic mass is 16.5. The molecule has 1 aliphatic rings. The summed E-state index contributed by atoms with van der Waals surface area (Å²) in [4.78, 5) is 26.2. The Labute approximate surface area is 120 Å². The number of hydrogen-bond donors (Lipinski definition) is 1. The van der Waals surface area contributed by atoms with Gasteiger partial charge in [-0.1, -0.05) is 19.8 Å². The zero-order chi connectivity index (χ0) is 15.0. The quantitative estimate of drug-likeness (QED) is 0.669. The van der Waals surface area contributed by atoms with Crippen molar-refractivity contribution in [3.63, 3.8) is 0 Å². The molecule has 1 amide bonds. The fraction of sp³-hybridized carbons (Fsp3) is 0.857. The van der Waals surface area contributed by atoms with Gasteiger partial charge in [0, 0.05) is 26.1 Å². The number of unbranched alkanes of at least 4 members (excludes halogenated alkanes) is 2. The first-order valence-corrected chi connectivity index (χ1v) is 7.32. The average Bonchev–Trinajstić information content (AvgIpc) is 2.38. The van der Waals surface area contributed by atoms with Crippen molar-refractivity contribution in [2.24, 2.45) is 0 Å². The summed E-state index contributed by atoms with van der Waals surface area (Å²) >= 11 is 0. The SMILES string of the molecule is CCCCCC(=O)N1CCO[C@@H](CN(C)CC(=O)O)C1. The van der Waals surface area contributed by atoms with Crippen LogP contribution in [-0.4, -0.2) is 72.7 Å². The van der Waals surface area contributed by atoms with Gasteiger partial charge in [0.2, 0.25) is 5.91 Å². The minimum absolute atomic E-state index is 0.00962. The van der Waals surface area contributed by atoms with Crippen LogP contribution < -0.4 is 0 Å². The van der Waals surface area contributed by atoms with Gasteiger partial charge in [-0.2, -0.15) is 0 Å². The van der Waals surface area contributed by atoms with E-state index in [1.165, 1.54) is 0 Å². The fourth-order valence-electron chi connectivity index (χ4n) is 2.38. The van der Waals surface area contributed by atoms with Gasteiger partial charge in [-0.25, -0.2) is 0 Å². The number of hydrogen-bond acceptors (Lipinski definition) is 4. The molecule has 0 aromatic carbocycles. The molecule has 0 aliphatic carbocycles. The van der Waals surface area contributed by atoms with Gasteiger partial charge in [-0.15, -0.1) is 0 Å². The lowest BCUT2D eigenvalue weighted by Gasteiger charge is -2.34.